The maximum absolute atomic E-state index is 11.8. The Morgan fingerprint density at radius 2 is 2.03 bits per heavy atom. The van der Waals surface area contributed by atoms with Crippen LogP contribution in [0.15, 0.2) is 24.3 Å². The van der Waals surface area contributed by atoms with Crippen molar-refractivity contribution >= 4 is 11.7 Å². The molecule has 32 heavy (non-hydrogen) atoms. The molecule has 1 unspecified atom stereocenters. The number of hydrogen-bond donors (Lipinski definition) is 1. The third-order valence-electron chi connectivity index (χ3n) is 5.31. The lowest BCUT2D eigenvalue weighted by Gasteiger charge is -2.18. The van der Waals surface area contributed by atoms with Crippen molar-refractivity contribution < 1.29 is 28.5 Å². The van der Waals surface area contributed by atoms with Gasteiger partial charge in [0.15, 0.2) is 17.3 Å². The van der Waals surface area contributed by atoms with Crippen LogP contribution in [0.1, 0.15) is 25.7 Å². The largest absolute Gasteiger partial charge is 0.493 e. The van der Waals surface area contributed by atoms with Crippen LogP contribution in [0.5, 0.6) is 29.1 Å². The number of ether oxygens (including phenoxy) is 5. The van der Waals surface area contributed by atoms with E-state index in [-0.39, 0.29) is 42.1 Å². The van der Waals surface area contributed by atoms with E-state index >= 15 is 0 Å². The van der Waals surface area contributed by atoms with Crippen LogP contribution in [0.3, 0.4) is 0 Å². The van der Waals surface area contributed by atoms with Crippen LogP contribution in [0, 0.1) is 0 Å². The molecule has 0 saturated carbocycles. The maximum Gasteiger partial charge on any atom is 0.322 e. The second-order valence-corrected chi connectivity index (χ2v) is 7.56. The molecule has 2 aromatic rings. The van der Waals surface area contributed by atoms with Gasteiger partial charge < -0.3 is 34.3 Å². The smallest absolute Gasteiger partial charge is 0.322 e. The molecule has 0 spiro atoms. The molecule has 2 saturated heterocycles. The van der Waals surface area contributed by atoms with Crippen molar-refractivity contribution in [3.05, 3.63) is 24.3 Å². The van der Waals surface area contributed by atoms with Gasteiger partial charge in [-0.15, -0.1) is 0 Å². The number of nitrogens with zero attached hydrogens (tertiary/aromatic N) is 3. The van der Waals surface area contributed by atoms with E-state index in [0.717, 1.165) is 25.8 Å². The zero-order chi connectivity index (χ0) is 22.3. The number of methoxy groups -OCH3 is 1. The van der Waals surface area contributed by atoms with Crippen molar-refractivity contribution in [3.8, 4) is 29.1 Å². The number of likely N-dealkylation sites (tertiary alicyclic amines) is 1. The van der Waals surface area contributed by atoms with Crippen LogP contribution in [-0.2, 0) is 9.53 Å². The van der Waals surface area contributed by atoms with Crippen molar-refractivity contribution in [2.45, 2.75) is 31.8 Å². The predicted octanol–water partition coefficient (Wildman–Crippen LogP) is 2.42. The van der Waals surface area contributed by atoms with Crippen molar-refractivity contribution in [3.63, 3.8) is 0 Å². The van der Waals surface area contributed by atoms with Gasteiger partial charge in [0.2, 0.25) is 11.7 Å². The zero-order valence-corrected chi connectivity index (χ0v) is 18.1. The first kappa shape index (κ1) is 21.9. The summed E-state index contributed by atoms with van der Waals surface area (Å²) in [6.07, 6.45) is 3.35. The Balaban J connectivity index is 1.51. The lowest BCUT2D eigenvalue weighted by molar-refractivity contribution is -0.128. The number of nitrogen functional groups attached to an aromatic ring is 1. The molecule has 1 amide bonds. The average Bonchev–Trinajstić information content (AvgIpc) is 3.46. The Morgan fingerprint density at radius 1 is 1.19 bits per heavy atom. The minimum atomic E-state index is -0.0177. The van der Waals surface area contributed by atoms with Crippen molar-refractivity contribution in [1.29, 1.82) is 0 Å². The standard InChI is InChI=1S/C22H28N4O6/c1-28-16-7-2-3-8-17(16)32-19-20(23)24-22(30-13-11-26-10-4-9-18(26)27)25-21(19)31-14-15-6-5-12-29-15/h2-3,7-8,15H,4-6,9-14H2,1H3,(H2,23,24,25). The number of anilines is 1. The number of nitrogens with two attached hydrogens (primary N) is 1. The fourth-order valence-corrected chi connectivity index (χ4v) is 3.63. The fourth-order valence-electron chi connectivity index (χ4n) is 3.63. The summed E-state index contributed by atoms with van der Waals surface area (Å²) in [5.74, 6) is 1.53. The maximum atomic E-state index is 11.8. The lowest BCUT2D eigenvalue weighted by atomic mass is 10.2. The van der Waals surface area contributed by atoms with E-state index in [1.54, 1.807) is 24.1 Å². The highest BCUT2D eigenvalue weighted by Gasteiger charge is 2.23. The molecule has 3 heterocycles. The number of carbonyl (C=O) groups is 1. The van der Waals surface area contributed by atoms with Gasteiger partial charge >= 0.3 is 6.01 Å². The van der Waals surface area contributed by atoms with Crippen molar-refractivity contribution in [1.82, 2.24) is 14.9 Å². The van der Waals surface area contributed by atoms with E-state index in [0.29, 0.717) is 37.7 Å². The van der Waals surface area contributed by atoms with Gasteiger partial charge in [0, 0.05) is 19.6 Å². The Bertz CT molecular complexity index is 935. The molecular formula is C22H28N4O6. The first-order valence-corrected chi connectivity index (χ1v) is 10.8. The van der Waals surface area contributed by atoms with E-state index < -0.39 is 0 Å². The van der Waals surface area contributed by atoms with E-state index in [1.165, 1.54) is 0 Å². The molecule has 0 radical (unpaired) electrons. The second-order valence-electron chi connectivity index (χ2n) is 7.56. The normalized spacial score (nSPS) is 18.1. The first-order valence-electron chi connectivity index (χ1n) is 10.8. The minimum Gasteiger partial charge on any atom is -0.493 e. The minimum absolute atomic E-state index is 0.0177. The van der Waals surface area contributed by atoms with E-state index in [9.17, 15) is 4.79 Å². The Hall–Kier alpha value is -3.27. The highest BCUT2D eigenvalue weighted by Crippen LogP contribution is 2.39. The number of rotatable bonds is 10. The number of amides is 1. The monoisotopic (exact) mass is 444 g/mol. The van der Waals surface area contributed by atoms with Crippen molar-refractivity contribution in [2.75, 3.05) is 45.8 Å². The van der Waals surface area contributed by atoms with Crippen LogP contribution in [0.25, 0.3) is 0 Å². The molecule has 0 bridgehead atoms. The summed E-state index contributed by atoms with van der Waals surface area (Å²) in [5, 5.41) is 0. The third kappa shape index (κ3) is 5.31. The van der Waals surface area contributed by atoms with Crippen LogP contribution in [0.4, 0.5) is 5.82 Å². The molecule has 10 heteroatoms. The van der Waals surface area contributed by atoms with E-state index in [1.807, 2.05) is 12.1 Å². The van der Waals surface area contributed by atoms with E-state index in [4.69, 9.17) is 29.4 Å². The quantitative estimate of drug-likeness (QED) is 0.589. The molecule has 2 aliphatic rings. The van der Waals surface area contributed by atoms with Crippen LogP contribution in [-0.4, -0.2) is 66.9 Å². The number of para-hydroxylation sites is 2. The molecule has 1 atom stereocenters. The Morgan fingerprint density at radius 3 is 2.75 bits per heavy atom. The Kier molecular flexibility index (Phi) is 7.10. The molecule has 1 aromatic carbocycles. The van der Waals surface area contributed by atoms with E-state index in [2.05, 4.69) is 9.97 Å². The fraction of sp³-hybridized carbons (Fsp3) is 0.500. The molecule has 2 fully saturated rings. The Labute approximate surface area is 186 Å². The number of hydrogen-bond acceptors (Lipinski definition) is 9. The lowest BCUT2D eigenvalue weighted by Crippen LogP contribution is -2.29. The van der Waals surface area contributed by atoms with Gasteiger partial charge in [0.1, 0.15) is 13.2 Å². The molecule has 2 N–H and O–H groups in total. The summed E-state index contributed by atoms with van der Waals surface area (Å²) >= 11 is 0. The third-order valence-corrected chi connectivity index (χ3v) is 5.31. The van der Waals surface area contributed by atoms with Gasteiger partial charge in [-0.1, -0.05) is 12.1 Å². The summed E-state index contributed by atoms with van der Waals surface area (Å²) in [6, 6.07) is 7.24. The highest BCUT2D eigenvalue weighted by molar-refractivity contribution is 5.78. The topological polar surface area (TPSA) is 118 Å². The van der Waals surface area contributed by atoms with Crippen LogP contribution in [0.2, 0.25) is 0 Å². The molecule has 4 rings (SSSR count). The molecule has 2 aliphatic heterocycles. The first-order chi connectivity index (χ1) is 15.6. The summed E-state index contributed by atoms with van der Waals surface area (Å²) in [4.78, 5) is 22.1. The average molecular weight is 444 g/mol. The number of aromatic nitrogens is 2. The number of benzene rings is 1. The summed E-state index contributed by atoms with van der Waals surface area (Å²) in [7, 11) is 1.55. The number of carbonyl (C=O) groups excluding carboxylic acids is 1. The van der Waals surface area contributed by atoms with Gasteiger partial charge in [-0.2, -0.15) is 9.97 Å². The molecule has 1 aromatic heterocycles. The van der Waals surface area contributed by atoms with Gasteiger partial charge in [-0.25, -0.2) is 0 Å². The summed E-state index contributed by atoms with van der Waals surface area (Å²) < 4.78 is 28.6. The highest BCUT2D eigenvalue weighted by atomic mass is 16.6. The molecular weight excluding hydrogens is 416 g/mol. The van der Waals surface area contributed by atoms with Gasteiger partial charge in [-0.3, -0.25) is 4.79 Å². The zero-order valence-electron chi connectivity index (χ0n) is 18.1. The molecule has 172 valence electrons. The summed E-state index contributed by atoms with van der Waals surface area (Å²) in [6.45, 7) is 2.48. The van der Waals surface area contributed by atoms with Crippen LogP contribution < -0.4 is 24.7 Å². The molecule has 0 aliphatic carbocycles. The van der Waals surface area contributed by atoms with Gasteiger partial charge in [0.25, 0.3) is 5.88 Å². The molecule has 10 nitrogen and oxygen atoms in total. The summed E-state index contributed by atoms with van der Waals surface area (Å²) in [5.41, 5.74) is 6.19. The second kappa shape index (κ2) is 10.4. The predicted molar refractivity (Wildman–Crippen MR) is 115 cm³/mol. The van der Waals surface area contributed by atoms with Crippen LogP contribution >= 0.6 is 0 Å². The van der Waals surface area contributed by atoms with Crippen molar-refractivity contribution in [2.24, 2.45) is 0 Å². The van der Waals surface area contributed by atoms with Gasteiger partial charge in [0.05, 0.1) is 19.8 Å². The van der Waals surface area contributed by atoms with Gasteiger partial charge in [-0.05, 0) is 31.4 Å². The SMILES string of the molecule is COc1ccccc1Oc1c(N)nc(OCCN2CCCC2=O)nc1OCC1CCCO1.